The van der Waals surface area contributed by atoms with Crippen LogP contribution in [0.5, 0.6) is 17.2 Å². The minimum atomic E-state index is -0.457. The van der Waals surface area contributed by atoms with Crippen LogP contribution in [0, 0.1) is 6.07 Å². The fourth-order valence-electron chi connectivity index (χ4n) is 12.7. The van der Waals surface area contributed by atoms with Crippen molar-refractivity contribution >= 4 is 100 Å². The lowest BCUT2D eigenvalue weighted by molar-refractivity contribution is -0.131. The van der Waals surface area contributed by atoms with Crippen molar-refractivity contribution < 1.29 is 19.7 Å². The molecule has 89 heavy (non-hydrogen) atoms. The topological polar surface area (TPSA) is 107 Å². The predicted octanol–water partition coefficient (Wildman–Crippen LogP) is 21.0. The van der Waals surface area contributed by atoms with E-state index in [2.05, 4.69) is 84.2 Å². The van der Waals surface area contributed by atoms with Gasteiger partial charge in [0.1, 0.15) is 27.7 Å². The van der Waals surface area contributed by atoms with Crippen molar-refractivity contribution in [2.75, 3.05) is 0 Å². The number of fused-ring (bicyclic) bond motifs is 4. The monoisotopic (exact) mass is 1280 g/mol. The Morgan fingerprint density at radius 1 is 0.472 bits per heavy atom. The molecule has 15 rings (SSSR count). The van der Waals surface area contributed by atoms with E-state index in [0.29, 0.717) is 104 Å². The number of rotatable bonds is 11. The fraction of sp³-hybridized carbons (Fsp3) is 0.0132. The lowest BCUT2D eigenvalue weighted by Gasteiger charge is -2.23. The summed E-state index contributed by atoms with van der Waals surface area (Å²) >= 11 is 26.5. The van der Waals surface area contributed by atoms with Gasteiger partial charge >= 0.3 is 5.97 Å². The molecule has 15 aromatic rings. The Kier molecular flexibility index (Phi) is 14.0. The zero-order chi connectivity index (χ0) is 60.6. The number of aromatic hydroxyl groups is 2. The molecular formula is C76H46BrCl3N5O4. The number of ether oxygens (including phenoxy) is 1. The number of aromatic nitrogens is 5. The second-order valence-corrected chi connectivity index (χ2v) is 23.4. The van der Waals surface area contributed by atoms with Crippen LogP contribution < -0.4 is 4.74 Å². The quantitative estimate of drug-likeness (QED) is 0.0759. The summed E-state index contributed by atoms with van der Waals surface area (Å²) in [5, 5.41) is 27.5. The molecule has 13 heteroatoms. The third-order valence-corrected chi connectivity index (χ3v) is 17.7. The standard InChI is InChI=1S/C76H46BrCl3N5O4/c1-44(86)89-51-27-19-24-48(42-51)83-63-38-15-9-32-56(63)69(73(83)52-28-5-10-33-58(52)78)74-68(55-31-8-14-37-62(55)84(74)47-23-18-26-50(88)41-47)57-43-65-72(82-76(53-29-6-11-34-59(53)79)85(65)64-39-16-12-35-60(64)80)70(67(57)46-22-17-25-49(87)40-46)71-66(45-20-3-2-4-21-45)54-30-7-13-36-61(54)81-75(71)77/h2-33,35-43,87-88H,1H3. The van der Waals surface area contributed by atoms with E-state index >= 15 is 0 Å². The van der Waals surface area contributed by atoms with Crippen molar-refractivity contribution in [2.45, 2.75) is 6.92 Å². The summed E-state index contributed by atoms with van der Waals surface area (Å²) in [5.74, 6) is 0.488. The van der Waals surface area contributed by atoms with Gasteiger partial charge in [-0.1, -0.05) is 186 Å². The van der Waals surface area contributed by atoms with E-state index in [1.54, 1.807) is 36.4 Å². The van der Waals surface area contributed by atoms with Gasteiger partial charge in [-0.05, 0) is 118 Å². The molecule has 0 atom stereocenters. The minimum absolute atomic E-state index is 0.0369. The van der Waals surface area contributed by atoms with E-state index < -0.39 is 5.97 Å². The second kappa shape index (κ2) is 22.5. The van der Waals surface area contributed by atoms with Crippen LogP contribution in [0.15, 0.2) is 253 Å². The zero-order valence-corrected chi connectivity index (χ0v) is 51.0. The number of carbonyl (C=O) groups excluding carboxylic acids is 1. The van der Waals surface area contributed by atoms with Gasteiger partial charge in [0, 0.05) is 102 Å². The first-order valence-electron chi connectivity index (χ1n) is 28.6. The zero-order valence-electron chi connectivity index (χ0n) is 47.1. The van der Waals surface area contributed by atoms with E-state index in [0.717, 1.165) is 60.5 Å². The van der Waals surface area contributed by atoms with Crippen LogP contribution in [0.3, 0.4) is 0 Å². The number of pyridine rings is 1. The molecular weight excluding hydrogens is 1230 g/mol. The Bertz CT molecular complexity index is 5380. The largest absolute Gasteiger partial charge is 0.508 e. The summed E-state index contributed by atoms with van der Waals surface area (Å²) < 4.78 is 12.8. The molecule has 9 nitrogen and oxygen atoms in total. The first kappa shape index (κ1) is 55.4. The Morgan fingerprint density at radius 3 is 1.80 bits per heavy atom. The Labute approximate surface area is 534 Å². The Balaban J connectivity index is 1.24. The summed E-state index contributed by atoms with van der Waals surface area (Å²) in [5.41, 5.74) is 15.1. The van der Waals surface area contributed by atoms with Gasteiger partial charge < -0.3 is 24.1 Å². The van der Waals surface area contributed by atoms with Crippen LogP contribution >= 0.6 is 50.7 Å². The summed E-state index contributed by atoms with van der Waals surface area (Å²) in [6, 6.07) is 83.4. The van der Waals surface area contributed by atoms with Gasteiger partial charge in [-0.2, -0.15) is 0 Å². The maximum atomic E-state index is 12.7. The van der Waals surface area contributed by atoms with E-state index in [1.807, 2.05) is 164 Å². The summed E-state index contributed by atoms with van der Waals surface area (Å²) in [7, 11) is 0. The number of imidazole rings is 1. The number of benzene rings is 11. The van der Waals surface area contributed by atoms with Crippen molar-refractivity contribution in [2.24, 2.45) is 0 Å². The van der Waals surface area contributed by atoms with Crippen LogP contribution in [0.4, 0.5) is 0 Å². The summed E-state index contributed by atoms with van der Waals surface area (Å²) in [6.07, 6.45) is 0. The van der Waals surface area contributed by atoms with E-state index in [1.165, 1.54) is 6.92 Å². The van der Waals surface area contributed by atoms with Gasteiger partial charge in [-0.3, -0.25) is 9.36 Å². The molecule has 1 radical (unpaired) electrons. The van der Waals surface area contributed by atoms with Gasteiger partial charge in [-0.25, -0.2) is 9.97 Å². The Hall–Kier alpha value is -10.2. The number of esters is 1. The van der Waals surface area contributed by atoms with Crippen molar-refractivity contribution in [3.63, 3.8) is 0 Å². The van der Waals surface area contributed by atoms with Gasteiger partial charge in [0.25, 0.3) is 0 Å². The van der Waals surface area contributed by atoms with Crippen molar-refractivity contribution in [1.29, 1.82) is 0 Å². The van der Waals surface area contributed by atoms with Gasteiger partial charge in [0.2, 0.25) is 0 Å². The molecule has 11 aromatic carbocycles. The van der Waals surface area contributed by atoms with E-state index in [4.69, 9.17) is 49.5 Å². The number of hydrogen-bond donors (Lipinski definition) is 2. The molecule has 0 unspecified atom stereocenters. The van der Waals surface area contributed by atoms with Crippen LogP contribution in [0.25, 0.3) is 139 Å². The van der Waals surface area contributed by atoms with Gasteiger partial charge in [0.05, 0.1) is 54.7 Å². The number of carbonyl (C=O) groups is 1. The maximum absolute atomic E-state index is 12.7. The highest BCUT2D eigenvalue weighted by atomic mass is 79.9. The molecule has 0 saturated carbocycles. The highest BCUT2D eigenvalue weighted by Gasteiger charge is 2.35. The normalized spacial score (nSPS) is 11.6. The molecule has 0 amide bonds. The first-order valence-corrected chi connectivity index (χ1v) is 30.5. The second-order valence-electron chi connectivity index (χ2n) is 21.5. The van der Waals surface area contributed by atoms with Gasteiger partial charge in [0.15, 0.2) is 0 Å². The first-order chi connectivity index (χ1) is 43.5. The minimum Gasteiger partial charge on any atom is -0.508 e. The van der Waals surface area contributed by atoms with Crippen molar-refractivity contribution in [1.82, 2.24) is 23.7 Å². The number of phenols is 2. The lowest BCUT2D eigenvalue weighted by Crippen LogP contribution is -2.04. The number of halogens is 4. The number of nitrogens with zero attached hydrogens (tertiary/aromatic N) is 5. The van der Waals surface area contributed by atoms with Crippen LogP contribution in [0.2, 0.25) is 15.1 Å². The molecule has 4 heterocycles. The smallest absolute Gasteiger partial charge is 0.308 e. The molecule has 0 spiro atoms. The third kappa shape index (κ3) is 9.42. The molecule has 0 aliphatic carbocycles. The van der Waals surface area contributed by atoms with Crippen LogP contribution in [-0.2, 0) is 4.79 Å². The third-order valence-electron chi connectivity index (χ3n) is 16.2. The highest BCUT2D eigenvalue weighted by molar-refractivity contribution is 9.10. The Morgan fingerprint density at radius 2 is 1.08 bits per heavy atom. The molecule has 4 aromatic heterocycles. The maximum Gasteiger partial charge on any atom is 0.308 e. The van der Waals surface area contributed by atoms with E-state index in [-0.39, 0.29) is 11.5 Å². The number of phenolic OH excluding ortho intramolecular Hbond substituents is 2. The lowest BCUT2D eigenvalue weighted by atomic mass is 9.82. The predicted molar refractivity (Wildman–Crippen MR) is 364 cm³/mol. The van der Waals surface area contributed by atoms with Crippen molar-refractivity contribution in [3.8, 4) is 113 Å². The van der Waals surface area contributed by atoms with E-state index in [9.17, 15) is 15.0 Å². The summed E-state index contributed by atoms with van der Waals surface area (Å²) in [4.78, 5) is 23.9. The fourth-order valence-corrected chi connectivity index (χ4v) is 14.0. The number of para-hydroxylation sites is 4. The van der Waals surface area contributed by atoms with Crippen LogP contribution in [-0.4, -0.2) is 39.9 Å². The highest BCUT2D eigenvalue weighted by Crippen LogP contribution is 2.57. The summed E-state index contributed by atoms with van der Waals surface area (Å²) in [6.45, 7) is 1.38. The van der Waals surface area contributed by atoms with Gasteiger partial charge in [-0.15, -0.1) is 0 Å². The molecule has 0 aliphatic rings. The molecule has 0 saturated heterocycles. The van der Waals surface area contributed by atoms with Crippen molar-refractivity contribution in [3.05, 3.63) is 274 Å². The molecule has 2 N–H and O–H groups in total. The SMILES string of the molecule is CC(=O)Oc1cccc(-n2c(-c3ccccc3Cl)c(-c3c(-c4cc5c(nc(-c6ccc[c]c6Cl)n5-c5ccccc5Cl)c(-c5c(Br)nc6ccccc6c5-c5ccccc5)c4-c4cccc(O)c4)c4ccccc4n3-c3cccc(O)c3)c3ccccc32)c1. The molecule has 427 valence electrons. The van der Waals surface area contributed by atoms with Crippen LogP contribution in [0.1, 0.15) is 6.92 Å². The average Bonchev–Trinajstić information content (AvgIpc) is 1.59. The number of hydrogen-bond acceptors (Lipinski definition) is 6. The molecule has 0 fully saturated rings. The molecule has 0 bridgehead atoms. The molecule has 0 aliphatic heterocycles. The average molecular weight is 1280 g/mol.